The highest BCUT2D eigenvalue weighted by molar-refractivity contribution is 6.36. The molecule has 1 amide bonds. The first-order valence-corrected chi connectivity index (χ1v) is 6.00. The summed E-state index contributed by atoms with van der Waals surface area (Å²) in [6, 6.07) is 3.07. The van der Waals surface area contributed by atoms with Crippen LogP contribution in [-0.4, -0.2) is 34.1 Å². The molecule has 20 heavy (non-hydrogen) atoms. The molecule has 8 heteroatoms. The summed E-state index contributed by atoms with van der Waals surface area (Å²) >= 11 is 5.85. The number of hydrogen-bond donors (Lipinski definition) is 4. The molecule has 7 nitrogen and oxygen atoms in total. The lowest BCUT2D eigenvalue weighted by Crippen LogP contribution is -2.31. The first-order chi connectivity index (χ1) is 9.32. The van der Waals surface area contributed by atoms with E-state index in [1.807, 2.05) is 0 Å². The number of hydrogen-bond acceptors (Lipinski definition) is 4. The molecule has 108 valence electrons. The van der Waals surface area contributed by atoms with Gasteiger partial charge in [0.05, 0.1) is 16.3 Å². The maximum absolute atomic E-state index is 11.6. The van der Waals surface area contributed by atoms with Crippen molar-refractivity contribution in [3.8, 4) is 0 Å². The molecule has 0 unspecified atom stereocenters. The van der Waals surface area contributed by atoms with E-state index in [1.54, 1.807) is 0 Å². The van der Waals surface area contributed by atoms with Gasteiger partial charge >= 0.3 is 11.9 Å². The van der Waals surface area contributed by atoms with Gasteiger partial charge in [-0.2, -0.15) is 0 Å². The summed E-state index contributed by atoms with van der Waals surface area (Å²) in [5, 5.41) is 19.8. The predicted molar refractivity (Wildman–Crippen MR) is 71.9 cm³/mol. The Bertz CT molecular complexity index is 547. The van der Waals surface area contributed by atoms with Gasteiger partial charge in [0.25, 0.3) is 0 Å². The highest BCUT2D eigenvalue weighted by atomic mass is 35.5. The van der Waals surface area contributed by atoms with Crippen LogP contribution in [-0.2, 0) is 9.59 Å². The minimum absolute atomic E-state index is 0.0304. The van der Waals surface area contributed by atoms with Crippen LogP contribution in [0.3, 0.4) is 0 Å². The fourth-order valence-corrected chi connectivity index (χ4v) is 1.67. The average molecular weight is 301 g/mol. The summed E-state index contributed by atoms with van der Waals surface area (Å²) in [5.74, 6) is -2.89. The van der Waals surface area contributed by atoms with Gasteiger partial charge in [-0.1, -0.05) is 17.7 Å². The summed E-state index contributed by atoms with van der Waals surface area (Å²) < 4.78 is 0. The number of aliphatic carboxylic acids is 1. The molecule has 0 radical (unpaired) electrons. The summed E-state index contributed by atoms with van der Waals surface area (Å²) in [7, 11) is 0. The molecular formula is C12H13ClN2O5. The molecule has 1 atom stereocenters. The molecule has 0 heterocycles. The van der Waals surface area contributed by atoms with E-state index < -0.39 is 23.9 Å². The third kappa shape index (κ3) is 4.22. The molecule has 0 aliphatic carbocycles. The number of aromatic carboxylic acids is 1. The van der Waals surface area contributed by atoms with Crippen molar-refractivity contribution < 1.29 is 24.6 Å². The van der Waals surface area contributed by atoms with Gasteiger partial charge in [0.2, 0.25) is 5.91 Å². The van der Waals surface area contributed by atoms with Crippen LogP contribution >= 0.6 is 11.6 Å². The summed E-state index contributed by atoms with van der Waals surface area (Å²) in [4.78, 5) is 33.0. The van der Waals surface area contributed by atoms with Gasteiger partial charge in [-0.25, -0.2) is 4.79 Å². The third-order valence-electron chi connectivity index (χ3n) is 2.50. The molecule has 0 aliphatic heterocycles. The summed E-state index contributed by atoms with van der Waals surface area (Å²) in [6.45, 7) is 0. The zero-order chi connectivity index (χ0) is 15.3. The van der Waals surface area contributed by atoms with E-state index in [-0.39, 0.29) is 29.1 Å². The van der Waals surface area contributed by atoms with Gasteiger partial charge < -0.3 is 21.3 Å². The number of anilines is 1. The van der Waals surface area contributed by atoms with Gasteiger partial charge in [0.15, 0.2) is 0 Å². The highest BCUT2D eigenvalue weighted by Crippen LogP contribution is 2.26. The molecule has 0 aromatic heterocycles. The lowest BCUT2D eigenvalue weighted by molar-refractivity contribution is -0.138. The van der Waals surface area contributed by atoms with Crippen LogP contribution in [0.4, 0.5) is 5.69 Å². The number of carbonyl (C=O) groups excluding carboxylic acids is 1. The molecule has 0 spiro atoms. The van der Waals surface area contributed by atoms with Crippen molar-refractivity contribution in [1.29, 1.82) is 0 Å². The van der Waals surface area contributed by atoms with Crippen molar-refractivity contribution in [3.63, 3.8) is 0 Å². The lowest BCUT2D eigenvalue weighted by Gasteiger charge is -2.10. The summed E-state index contributed by atoms with van der Waals surface area (Å²) in [5.41, 5.74) is 5.29. The van der Waals surface area contributed by atoms with Crippen LogP contribution in [0, 0.1) is 0 Å². The van der Waals surface area contributed by atoms with E-state index in [0.717, 1.165) is 0 Å². The lowest BCUT2D eigenvalue weighted by atomic mass is 10.1. The normalized spacial score (nSPS) is 11.7. The Hall–Kier alpha value is -2.12. The third-order valence-corrected chi connectivity index (χ3v) is 2.91. The van der Waals surface area contributed by atoms with E-state index in [0.29, 0.717) is 0 Å². The SMILES string of the molecule is N[C@@H](CCC(=O)Nc1cccc(C(=O)O)c1Cl)C(=O)O. The quantitative estimate of drug-likeness (QED) is 0.624. The van der Waals surface area contributed by atoms with Crippen molar-refractivity contribution in [2.75, 3.05) is 5.32 Å². The minimum atomic E-state index is -1.21. The molecule has 0 saturated heterocycles. The van der Waals surface area contributed by atoms with Crippen LogP contribution in [0.1, 0.15) is 23.2 Å². The van der Waals surface area contributed by atoms with Crippen LogP contribution in [0.2, 0.25) is 5.02 Å². The first kappa shape index (κ1) is 15.9. The molecule has 1 aromatic carbocycles. The number of halogens is 1. The molecule has 0 bridgehead atoms. The number of amides is 1. The van der Waals surface area contributed by atoms with Crippen molar-refractivity contribution in [3.05, 3.63) is 28.8 Å². The fourth-order valence-electron chi connectivity index (χ4n) is 1.42. The van der Waals surface area contributed by atoms with Crippen molar-refractivity contribution >= 4 is 35.1 Å². The first-order valence-electron chi connectivity index (χ1n) is 5.63. The van der Waals surface area contributed by atoms with E-state index in [9.17, 15) is 14.4 Å². The number of rotatable bonds is 6. The molecule has 5 N–H and O–H groups in total. The Kier molecular flexibility index (Phi) is 5.48. The van der Waals surface area contributed by atoms with Crippen molar-refractivity contribution in [2.45, 2.75) is 18.9 Å². The van der Waals surface area contributed by atoms with Crippen LogP contribution in [0.25, 0.3) is 0 Å². The number of carbonyl (C=O) groups is 3. The van der Waals surface area contributed by atoms with E-state index >= 15 is 0 Å². The molecule has 1 aromatic rings. The number of benzene rings is 1. The highest BCUT2D eigenvalue weighted by Gasteiger charge is 2.16. The average Bonchev–Trinajstić information content (AvgIpc) is 2.37. The zero-order valence-electron chi connectivity index (χ0n) is 10.3. The molecule has 1 rings (SSSR count). The zero-order valence-corrected chi connectivity index (χ0v) is 11.1. The van der Waals surface area contributed by atoms with Crippen molar-refractivity contribution in [2.24, 2.45) is 5.73 Å². The van der Waals surface area contributed by atoms with E-state index in [4.69, 9.17) is 27.5 Å². The topological polar surface area (TPSA) is 130 Å². The maximum atomic E-state index is 11.6. The molecule has 0 aliphatic rings. The smallest absolute Gasteiger partial charge is 0.337 e. The number of carboxylic acid groups (broad SMARTS) is 2. The molecular weight excluding hydrogens is 288 g/mol. The monoisotopic (exact) mass is 300 g/mol. The van der Waals surface area contributed by atoms with E-state index in [1.165, 1.54) is 18.2 Å². The molecule has 0 saturated carbocycles. The Balaban J connectivity index is 2.69. The Morgan fingerprint density at radius 2 is 1.95 bits per heavy atom. The second kappa shape index (κ2) is 6.88. The second-order valence-corrected chi connectivity index (χ2v) is 4.38. The minimum Gasteiger partial charge on any atom is -0.480 e. The predicted octanol–water partition coefficient (Wildman–Crippen LogP) is 1.17. The Morgan fingerprint density at radius 1 is 1.30 bits per heavy atom. The van der Waals surface area contributed by atoms with Gasteiger partial charge in [-0.3, -0.25) is 9.59 Å². The van der Waals surface area contributed by atoms with Gasteiger partial charge in [-0.05, 0) is 18.6 Å². The van der Waals surface area contributed by atoms with Gasteiger partial charge in [0, 0.05) is 6.42 Å². The Labute approximate surface area is 119 Å². The fraction of sp³-hybridized carbons (Fsp3) is 0.250. The maximum Gasteiger partial charge on any atom is 0.337 e. The number of carboxylic acids is 2. The van der Waals surface area contributed by atoms with Crippen LogP contribution in [0.15, 0.2) is 18.2 Å². The van der Waals surface area contributed by atoms with Crippen LogP contribution < -0.4 is 11.1 Å². The molecule has 0 fully saturated rings. The van der Waals surface area contributed by atoms with Gasteiger partial charge in [-0.15, -0.1) is 0 Å². The Morgan fingerprint density at radius 3 is 2.50 bits per heavy atom. The van der Waals surface area contributed by atoms with Crippen LogP contribution in [0.5, 0.6) is 0 Å². The number of nitrogens with two attached hydrogens (primary N) is 1. The van der Waals surface area contributed by atoms with Gasteiger partial charge in [0.1, 0.15) is 6.04 Å². The summed E-state index contributed by atoms with van der Waals surface area (Å²) in [6.07, 6.45) is -0.140. The van der Waals surface area contributed by atoms with Crippen molar-refractivity contribution in [1.82, 2.24) is 0 Å². The van der Waals surface area contributed by atoms with E-state index in [2.05, 4.69) is 5.32 Å². The second-order valence-electron chi connectivity index (χ2n) is 4.00. The standard InChI is InChI=1S/C12H13ClN2O5/c13-10-6(11(17)18)2-1-3-8(10)15-9(16)5-4-7(14)12(19)20/h1-3,7H,4-5,14H2,(H,15,16)(H,17,18)(H,19,20)/t7-/m0/s1. The largest absolute Gasteiger partial charge is 0.480 e. The number of nitrogens with one attached hydrogen (secondary N) is 1.